The van der Waals surface area contributed by atoms with Gasteiger partial charge in [0.1, 0.15) is 5.78 Å². The van der Waals surface area contributed by atoms with Crippen molar-refractivity contribution in [2.75, 3.05) is 19.6 Å². The van der Waals surface area contributed by atoms with E-state index in [4.69, 9.17) is 5.73 Å². The zero-order valence-electron chi connectivity index (χ0n) is 15.7. The van der Waals surface area contributed by atoms with Gasteiger partial charge in [-0.15, -0.1) is 24.8 Å². The fourth-order valence-electron chi connectivity index (χ4n) is 3.71. The molecule has 1 saturated heterocycles. The first-order valence-corrected chi connectivity index (χ1v) is 9.31. The number of hydrogen-bond donors (Lipinski definition) is 1. The predicted octanol–water partition coefficient (Wildman–Crippen LogP) is 4.06. The molecular formula is C22H30Cl2N2O. The van der Waals surface area contributed by atoms with Crippen molar-refractivity contribution in [2.45, 2.75) is 32.2 Å². The molecule has 0 radical (unpaired) electrons. The average molecular weight is 409 g/mol. The molecule has 0 bridgehead atoms. The summed E-state index contributed by atoms with van der Waals surface area (Å²) in [7, 11) is 0. The monoisotopic (exact) mass is 408 g/mol. The molecule has 0 spiro atoms. The van der Waals surface area contributed by atoms with Crippen molar-refractivity contribution < 1.29 is 4.79 Å². The molecular weight excluding hydrogens is 379 g/mol. The molecule has 0 amide bonds. The molecule has 27 heavy (non-hydrogen) atoms. The highest BCUT2D eigenvalue weighted by Gasteiger charge is 2.25. The van der Waals surface area contributed by atoms with E-state index in [0.717, 1.165) is 44.5 Å². The number of carbonyl (C=O) groups is 1. The molecule has 5 heteroatoms. The zero-order valence-corrected chi connectivity index (χ0v) is 17.3. The Morgan fingerprint density at radius 3 is 2.44 bits per heavy atom. The number of nitrogens with zero attached hydrogens (tertiary/aromatic N) is 1. The van der Waals surface area contributed by atoms with Crippen LogP contribution in [0.5, 0.6) is 0 Å². The lowest BCUT2D eigenvalue weighted by molar-refractivity contribution is -0.123. The number of halogens is 2. The molecule has 1 unspecified atom stereocenters. The van der Waals surface area contributed by atoms with Crippen molar-refractivity contribution in [1.29, 1.82) is 0 Å². The summed E-state index contributed by atoms with van der Waals surface area (Å²) in [6.45, 7) is 3.57. The van der Waals surface area contributed by atoms with E-state index in [2.05, 4.69) is 29.2 Å². The van der Waals surface area contributed by atoms with E-state index < -0.39 is 0 Å². The summed E-state index contributed by atoms with van der Waals surface area (Å²) >= 11 is 0. The minimum Gasteiger partial charge on any atom is -0.330 e. The molecule has 148 valence electrons. The standard InChI is InChI=1S/C22H28N2O.2ClH/c23-12-11-19-8-4-9-20(14-19)16-24-13-5-10-21(17-24)22(25)15-18-6-2-1-3-7-18;;/h1-4,6-9,14,21H,5,10-13,15-17,23H2;2*1H. The Balaban J connectivity index is 0.00000182. The van der Waals surface area contributed by atoms with Crippen LogP contribution in [0.1, 0.15) is 29.5 Å². The Bertz CT molecular complexity index is 694. The third-order valence-corrected chi connectivity index (χ3v) is 5.01. The SMILES string of the molecule is Cl.Cl.NCCc1cccc(CN2CCCC(C(=O)Cc3ccccc3)C2)c1. The van der Waals surface area contributed by atoms with Crippen molar-refractivity contribution in [1.82, 2.24) is 4.90 Å². The lowest BCUT2D eigenvalue weighted by Crippen LogP contribution is -2.38. The molecule has 1 heterocycles. The number of carbonyl (C=O) groups excluding carboxylic acids is 1. The van der Waals surface area contributed by atoms with Gasteiger partial charge in [0.15, 0.2) is 0 Å². The van der Waals surface area contributed by atoms with Crippen LogP contribution in [0.25, 0.3) is 0 Å². The van der Waals surface area contributed by atoms with E-state index in [1.807, 2.05) is 30.3 Å². The van der Waals surface area contributed by atoms with Crippen LogP contribution in [0.4, 0.5) is 0 Å². The van der Waals surface area contributed by atoms with Gasteiger partial charge in [0.25, 0.3) is 0 Å². The van der Waals surface area contributed by atoms with Crippen molar-refractivity contribution in [2.24, 2.45) is 11.7 Å². The Morgan fingerprint density at radius 2 is 1.70 bits per heavy atom. The molecule has 1 aliphatic rings. The number of likely N-dealkylation sites (tertiary alicyclic amines) is 1. The Kier molecular flexibility index (Phi) is 10.6. The van der Waals surface area contributed by atoms with Crippen LogP contribution in [0.15, 0.2) is 54.6 Å². The van der Waals surface area contributed by atoms with Gasteiger partial charge in [-0.3, -0.25) is 9.69 Å². The largest absolute Gasteiger partial charge is 0.330 e. The molecule has 3 rings (SSSR count). The maximum atomic E-state index is 12.7. The van der Waals surface area contributed by atoms with Crippen LogP contribution in [0, 0.1) is 5.92 Å². The fraction of sp³-hybridized carbons (Fsp3) is 0.409. The average Bonchev–Trinajstić information content (AvgIpc) is 2.63. The number of nitrogens with two attached hydrogens (primary N) is 1. The van der Waals surface area contributed by atoms with Crippen LogP contribution in [-0.2, 0) is 24.2 Å². The maximum Gasteiger partial charge on any atom is 0.141 e. The normalized spacial score (nSPS) is 16.9. The van der Waals surface area contributed by atoms with E-state index in [1.165, 1.54) is 11.1 Å². The lowest BCUT2D eigenvalue weighted by Gasteiger charge is -2.32. The van der Waals surface area contributed by atoms with Gasteiger partial charge in [-0.05, 0) is 49.0 Å². The van der Waals surface area contributed by atoms with E-state index in [-0.39, 0.29) is 30.7 Å². The highest BCUT2D eigenvalue weighted by molar-refractivity contribution is 5.85. The first-order valence-electron chi connectivity index (χ1n) is 9.31. The highest BCUT2D eigenvalue weighted by Crippen LogP contribution is 2.21. The van der Waals surface area contributed by atoms with Crippen LogP contribution in [-0.4, -0.2) is 30.3 Å². The lowest BCUT2D eigenvalue weighted by atomic mass is 9.90. The van der Waals surface area contributed by atoms with Gasteiger partial charge in [-0.2, -0.15) is 0 Å². The van der Waals surface area contributed by atoms with Crippen molar-refractivity contribution >= 4 is 30.6 Å². The molecule has 3 nitrogen and oxygen atoms in total. The Hall–Kier alpha value is -1.39. The Morgan fingerprint density at radius 1 is 1.00 bits per heavy atom. The number of Topliss-reactive ketones (excluding diaryl/α,β-unsaturated/α-hetero) is 1. The molecule has 1 aliphatic heterocycles. The van der Waals surface area contributed by atoms with Gasteiger partial charge in [0.05, 0.1) is 0 Å². The van der Waals surface area contributed by atoms with Gasteiger partial charge in [0.2, 0.25) is 0 Å². The number of ketones is 1. The third-order valence-electron chi connectivity index (χ3n) is 5.01. The first kappa shape index (κ1) is 23.6. The van der Waals surface area contributed by atoms with Crippen LogP contribution < -0.4 is 5.73 Å². The summed E-state index contributed by atoms with van der Waals surface area (Å²) in [4.78, 5) is 15.1. The van der Waals surface area contributed by atoms with Crippen molar-refractivity contribution in [3.05, 3.63) is 71.3 Å². The second-order valence-corrected chi connectivity index (χ2v) is 7.06. The summed E-state index contributed by atoms with van der Waals surface area (Å²) in [6.07, 6.45) is 3.61. The maximum absolute atomic E-state index is 12.7. The topological polar surface area (TPSA) is 46.3 Å². The van der Waals surface area contributed by atoms with Gasteiger partial charge < -0.3 is 5.73 Å². The summed E-state index contributed by atoms with van der Waals surface area (Å²) < 4.78 is 0. The van der Waals surface area contributed by atoms with Gasteiger partial charge in [-0.25, -0.2) is 0 Å². The number of piperidine rings is 1. The van der Waals surface area contributed by atoms with Crippen LogP contribution in [0.2, 0.25) is 0 Å². The van der Waals surface area contributed by atoms with Crippen molar-refractivity contribution in [3.63, 3.8) is 0 Å². The summed E-state index contributed by atoms with van der Waals surface area (Å²) in [5, 5.41) is 0. The second-order valence-electron chi connectivity index (χ2n) is 7.06. The summed E-state index contributed by atoms with van der Waals surface area (Å²) in [5.74, 6) is 0.550. The van der Waals surface area contributed by atoms with Crippen LogP contribution in [0.3, 0.4) is 0 Å². The zero-order chi connectivity index (χ0) is 17.5. The van der Waals surface area contributed by atoms with Gasteiger partial charge in [0, 0.05) is 25.4 Å². The Labute approximate surface area is 175 Å². The summed E-state index contributed by atoms with van der Waals surface area (Å²) in [5.41, 5.74) is 9.41. The number of hydrogen-bond acceptors (Lipinski definition) is 3. The van der Waals surface area contributed by atoms with E-state index in [9.17, 15) is 4.79 Å². The minimum absolute atomic E-state index is 0. The molecule has 0 aromatic heterocycles. The van der Waals surface area contributed by atoms with Crippen LogP contribution >= 0.6 is 24.8 Å². The van der Waals surface area contributed by atoms with E-state index in [0.29, 0.717) is 18.7 Å². The number of rotatable bonds is 7. The fourth-order valence-corrected chi connectivity index (χ4v) is 3.71. The van der Waals surface area contributed by atoms with Gasteiger partial charge in [-0.1, -0.05) is 54.6 Å². The first-order chi connectivity index (χ1) is 12.2. The molecule has 2 aromatic carbocycles. The van der Waals surface area contributed by atoms with Gasteiger partial charge >= 0.3 is 0 Å². The predicted molar refractivity (Wildman–Crippen MR) is 117 cm³/mol. The highest BCUT2D eigenvalue weighted by atomic mass is 35.5. The summed E-state index contributed by atoms with van der Waals surface area (Å²) in [6, 6.07) is 18.8. The molecule has 0 saturated carbocycles. The molecule has 0 aliphatic carbocycles. The molecule has 1 fully saturated rings. The van der Waals surface area contributed by atoms with E-state index in [1.54, 1.807) is 0 Å². The minimum atomic E-state index is 0. The molecule has 2 aromatic rings. The smallest absolute Gasteiger partial charge is 0.141 e. The molecule has 2 N–H and O–H groups in total. The quantitative estimate of drug-likeness (QED) is 0.751. The second kappa shape index (κ2) is 12.1. The number of benzene rings is 2. The van der Waals surface area contributed by atoms with Crippen molar-refractivity contribution in [3.8, 4) is 0 Å². The van der Waals surface area contributed by atoms with E-state index >= 15 is 0 Å². The third kappa shape index (κ3) is 7.27. The molecule has 1 atom stereocenters.